The number of hydrogen-bond donors (Lipinski definition) is 2. The van der Waals surface area contributed by atoms with Crippen LogP contribution in [0.4, 0.5) is 10.1 Å². The molecule has 0 bridgehead atoms. The number of rotatable bonds is 3. The fraction of sp³-hybridized carbons (Fsp3) is 0.280. The maximum atomic E-state index is 16.2. The molecule has 6 rings (SSSR count). The highest BCUT2D eigenvalue weighted by molar-refractivity contribution is 6.33. The first-order valence-electron chi connectivity index (χ1n) is 12.8. The normalized spacial score (nSPS) is 18.1. The SMILES string of the molecule is [2H]C([2H])([2H])n1ncc(-c2ccc3c(=O)[nH]nc(CN)c3c2)c1-c1c(F)c(Cl)c2c(c1C#N)N1CCC[C@H]1CO2. The lowest BCUT2D eigenvalue weighted by molar-refractivity contribution is 0.271. The number of aromatic amines is 1. The highest BCUT2D eigenvalue weighted by atomic mass is 35.5. The first-order valence-corrected chi connectivity index (χ1v) is 11.7. The second kappa shape index (κ2) is 8.33. The minimum Gasteiger partial charge on any atom is -0.488 e. The Labute approximate surface area is 214 Å². The molecule has 0 radical (unpaired) electrons. The molecule has 1 saturated heterocycles. The monoisotopic (exact) mass is 508 g/mol. The van der Waals surface area contributed by atoms with E-state index in [1.807, 2.05) is 4.90 Å². The van der Waals surface area contributed by atoms with Crippen molar-refractivity contribution in [2.75, 3.05) is 18.1 Å². The maximum absolute atomic E-state index is 16.2. The molecule has 0 saturated carbocycles. The molecule has 182 valence electrons. The highest BCUT2D eigenvalue weighted by Crippen LogP contribution is 2.51. The van der Waals surface area contributed by atoms with Crippen LogP contribution in [0.1, 0.15) is 28.2 Å². The van der Waals surface area contributed by atoms with E-state index in [1.165, 1.54) is 6.20 Å². The number of fused-ring (bicyclic) bond motifs is 4. The van der Waals surface area contributed by atoms with Gasteiger partial charge in [0, 0.05) is 35.1 Å². The second-order valence-electron chi connectivity index (χ2n) is 8.75. The number of nitriles is 1. The first-order chi connectivity index (χ1) is 18.7. The number of nitrogens with zero attached hydrogens (tertiary/aromatic N) is 5. The third-order valence-corrected chi connectivity index (χ3v) is 7.23. The molecular formula is C25H21ClFN7O2. The van der Waals surface area contributed by atoms with Gasteiger partial charge in [0.05, 0.1) is 40.1 Å². The Bertz CT molecular complexity index is 1760. The molecular weight excluding hydrogens is 485 g/mol. The Kier molecular flexibility index (Phi) is 4.46. The lowest BCUT2D eigenvalue weighted by Gasteiger charge is -2.35. The van der Waals surface area contributed by atoms with Crippen molar-refractivity contribution in [3.05, 3.63) is 56.8 Å². The molecule has 11 heteroatoms. The number of benzene rings is 2. The number of aromatic nitrogens is 4. The number of halogens is 2. The predicted molar refractivity (Wildman–Crippen MR) is 133 cm³/mol. The van der Waals surface area contributed by atoms with Crippen LogP contribution in [-0.2, 0) is 13.5 Å². The summed E-state index contributed by atoms with van der Waals surface area (Å²) in [6, 6.07) is 6.84. The van der Waals surface area contributed by atoms with Crippen LogP contribution in [-0.4, -0.2) is 39.2 Å². The van der Waals surface area contributed by atoms with Gasteiger partial charge in [-0.2, -0.15) is 15.5 Å². The largest absolute Gasteiger partial charge is 0.488 e. The molecule has 0 amide bonds. The number of aryl methyl sites for hydroxylation is 1. The molecule has 36 heavy (non-hydrogen) atoms. The van der Waals surface area contributed by atoms with E-state index in [2.05, 4.69) is 21.4 Å². The number of ether oxygens (including phenoxy) is 1. The Morgan fingerprint density at radius 2 is 2.31 bits per heavy atom. The molecule has 0 unspecified atom stereocenters. The quantitative estimate of drug-likeness (QED) is 0.434. The van der Waals surface area contributed by atoms with Gasteiger partial charge in [-0.25, -0.2) is 9.49 Å². The van der Waals surface area contributed by atoms with E-state index >= 15 is 4.39 Å². The van der Waals surface area contributed by atoms with Crippen LogP contribution in [0.3, 0.4) is 0 Å². The van der Waals surface area contributed by atoms with E-state index in [9.17, 15) is 10.1 Å². The third kappa shape index (κ3) is 3.13. The zero-order chi connectivity index (χ0) is 27.6. The van der Waals surface area contributed by atoms with Gasteiger partial charge < -0.3 is 15.4 Å². The summed E-state index contributed by atoms with van der Waals surface area (Å²) in [5, 5.41) is 21.3. The van der Waals surface area contributed by atoms with Crippen LogP contribution in [0.5, 0.6) is 5.75 Å². The Balaban J connectivity index is 1.69. The van der Waals surface area contributed by atoms with Gasteiger partial charge in [0.25, 0.3) is 5.56 Å². The molecule has 1 atom stereocenters. The molecule has 2 aromatic heterocycles. The maximum Gasteiger partial charge on any atom is 0.272 e. The fourth-order valence-corrected chi connectivity index (χ4v) is 5.46. The van der Waals surface area contributed by atoms with Crippen molar-refractivity contribution >= 4 is 28.1 Å². The summed E-state index contributed by atoms with van der Waals surface area (Å²) in [4.78, 5) is 14.3. The summed E-state index contributed by atoms with van der Waals surface area (Å²) in [5.74, 6) is -0.920. The molecule has 2 aliphatic rings. The molecule has 4 heterocycles. The number of nitrogens with two attached hydrogens (primary N) is 1. The molecule has 3 N–H and O–H groups in total. The van der Waals surface area contributed by atoms with Crippen molar-refractivity contribution in [3.63, 3.8) is 0 Å². The summed E-state index contributed by atoms with van der Waals surface area (Å²) < 4.78 is 47.0. The van der Waals surface area contributed by atoms with Crippen molar-refractivity contribution in [3.8, 4) is 34.2 Å². The van der Waals surface area contributed by atoms with Crippen LogP contribution < -0.4 is 20.9 Å². The average Bonchev–Trinajstić information content (AvgIpc) is 3.58. The number of nitrogens with one attached hydrogen (secondary N) is 1. The topological polar surface area (TPSA) is 126 Å². The summed E-state index contributed by atoms with van der Waals surface area (Å²) in [7, 11) is 0. The first kappa shape index (κ1) is 19.3. The van der Waals surface area contributed by atoms with Gasteiger partial charge in [-0.1, -0.05) is 17.7 Å². The number of H-pyrrole nitrogens is 1. The van der Waals surface area contributed by atoms with Gasteiger partial charge in [-0.15, -0.1) is 0 Å². The minimum absolute atomic E-state index is 0.00765. The van der Waals surface area contributed by atoms with E-state index < -0.39 is 18.4 Å². The summed E-state index contributed by atoms with van der Waals surface area (Å²) in [5.41, 5.74) is 6.27. The van der Waals surface area contributed by atoms with Crippen molar-refractivity contribution in [2.24, 2.45) is 12.7 Å². The van der Waals surface area contributed by atoms with Gasteiger partial charge in [0.1, 0.15) is 23.4 Å². The van der Waals surface area contributed by atoms with Gasteiger partial charge in [0.15, 0.2) is 11.6 Å². The van der Waals surface area contributed by atoms with E-state index in [1.54, 1.807) is 18.2 Å². The third-order valence-electron chi connectivity index (χ3n) is 6.89. The van der Waals surface area contributed by atoms with E-state index in [0.29, 0.717) is 45.6 Å². The molecule has 1 fully saturated rings. The molecule has 2 aliphatic heterocycles. The van der Waals surface area contributed by atoms with Crippen molar-refractivity contribution in [1.29, 1.82) is 5.26 Å². The fourth-order valence-electron chi connectivity index (χ4n) is 5.22. The molecule has 9 nitrogen and oxygen atoms in total. The van der Waals surface area contributed by atoms with Crippen LogP contribution in [0, 0.1) is 17.1 Å². The second-order valence-corrected chi connectivity index (χ2v) is 9.13. The average molecular weight is 509 g/mol. The predicted octanol–water partition coefficient (Wildman–Crippen LogP) is 3.47. The summed E-state index contributed by atoms with van der Waals surface area (Å²) in [6.07, 6.45) is 2.98. The molecule has 4 aromatic rings. The highest BCUT2D eigenvalue weighted by Gasteiger charge is 2.38. The van der Waals surface area contributed by atoms with Gasteiger partial charge >= 0.3 is 0 Å². The Morgan fingerprint density at radius 3 is 3.08 bits per heavy atom. The number of anilines is 1. The zero-order valence-corrected chi connectivity index (χ0v) is 19.6. The van der Waals surface area contributed by atoms with Crippen molar-refractivity contribution in [2.45, 2.75) is 25.4 Å². The summed E-state index contributed by atoms with van der Waals surface area (Å²) in [6.45, 7) is -1.86. The lowest BCUT2D eigenvalue weighted by Crippen LogP contribution is -2.39. The van der Waals surface area contributed by atoms with E-state index in [0.717, 1.165) is 12.8 Å². The molecule has 0 aliphatic carbocycles. The van der Waals surface area contributed by atoms with E-state index in [4.69, 9.17) is 26.2 Å². The van der Waals surface area contributed by atoms with Crippen LogP contribution in [0.15, 0.2) is 29.2 Å². The molecule has 2 aromatic carbocycles. The minimum atomic E-state index is -2.82. The van der Waals surface area contributed by atoms with Crippen LogP contribution >= 0.6 is 11.6 Å². The van der Waals surface area contributed by atoms with Crippen molar-refractivity contribution < 1.29 is 13.2 Å². The lowest BCUT2D eigenvalue weighted by atomic mass is 9.94. The van der Waals surface area contributed by atoms with Gasteiger partial charge in [0.2, 0.25) is 0 Å². The number of hydrogen-bond acceptors (Lipinski definition) is 7. The smallest absolute Gasteiger partial charge is 0.272 e. The standard InChI is InChI=1S/C25H21ClFN7O2/c1-33-22(17(10-30-33)12-4-5-14-15(7-12)18(9-29)31-32-25(14)35)19-16(8-28)23-24(20(26)21(19)27)36-11-13-3-2-6-34(13)23/h4-5,7,10,13H,2-3,6,9,11,29H2,1H3,(H,32,35)/t13-/m0/s1/i1D3. The van der Waals surface area contributed by atoms with Crippen LogP contribution in [0.25, 0.3) is 33.2 Å². The van der Waals surface area contributed by atoms with E-state index in [-0.39, 0.29) is 45.7 Å². The van der Waals surface area contributed by atoms with Gasteiger partial charge in [-0.05, 0) is 30.5 Å². The Hall–Kier alpha value is -3.94. The Morgan fingerprint density at radius 1 is 1.44 bits per heavy atom. The van der Waals surface area contributed by atoms with Crippen molar-refractivity contribution in [1.82, 2.24) is 20.0 Å². The zero-order valence-electron chi connectivity index (χ0n) is 21.8. The van der Waals surface area contributed by atoms with Crippen LogP contribution in [0.2, 0.25) is 5.02 Å². The molecule has 0 spiro atoms. The van der Waals surface area contributed by atoms with Gasteiger partial charge in [-0.3, -0.25) is 9.48 Å². The summed E-state index contributed by atoms with van der Waals surface area (Å²) >= 11 is 6.49.